The summed E-state index contributed by atoms with van der Waals surface area (Å²) in [6.07, 6.45) is 16.9. The summed E-state index contributed by atoms with van der Waals surface area (Å²) in [6, 6.07) is 0. The number of unbranched alkanes of at least 4 members (excludes halogenated alkanes) is 11. The topological polar surface area (TPSA) is 84.9 Å². The van der Waals surface area contributed by atoms with Gasteiger partial charge in [-0.25, -0.2) is 0 Å². The van der Waals surface area contributed by atoms with E-state index in [0.717, 1.165) is 19.3 Å². The van der Waals surface area contributed by atoms with Gasteiger partial charge in [-0.1, -0.05) is 97.8 Å². The van der Waals surface area contributed by atoms with Crippen LogP contribution in [0, 0.1) is 11.8 Å². The molecule has 7 nitrogen and oxygen atoms in total. The third-order valence-corrected chi connectivity index (χ3v) is 9.05. The van der Waals surface area contributed by atoms with Crippen LogP contribution in [0.2, 0.25) is 0 Å². The van der Waals surface area contributed by atoms with E-state index in [1.54, 1.807) is 0 Å². The number of carbonyl (C=O) groups excluding carboxylic acids is 1. The first kappa shape index (κ1) is 36.9. The minimum Gasteiger partial charge on any atom is -0.756 e. The molecule has 3 unspecified atom stereocenters. The predicted molar refractivity (Wildman–Crippen MR) is 154 cm³/mol. The van der Waals surface area contributed by atoms with Crippen molar-refractivity contribution in [2.75, 3.05) is 47.2 Å². The fourth-order valence-corrected chi connectivity index (χ4v) is 6.50. The van der Waals surface area contributed by atoms with Crippen LogP contribution in [0.25, 0.3) is 0 Å². The molecule has 0 rings (SSSR count). The fourth-order valence-electron chi connectivity index (χ4n) is 4.03. The molecule has 37 heavy (non-hydrogen) atoms. The third-order valence-electron chi connectivity index (χ3n) is 6.48. The summed E-state index contributed by atoms with van der Waals surface area (Å²) in [7, 11) is 2.97. The molecule has 0 aliphatic carbocycles. The minimum absolute atomic E-state index is 0.0119. The molecule has 0 aliphatic heterocycles. The highest BCUT2D eigenvalue weighted by Gasteiger charge is 2.24. The molecule has 0 bridgehead atoms. The zero-order valence-electron chi connectivity index (χ0n) is 25.0. The van der Waals surface area contributed by atoms with Crippen molar-refractivity contribution in [3.8, 4) is 0 Å². The van der Waals surface area contributed by atoms with Gasteiger partial charge in [-0.2, -0.15) is 0 Å². The van der Waals surface area contributed by atoms with Gasteiger partial charge < -0.3 is 23.2 Å². The van der Waals surface area contributed by atoms with Crippen molar-refractivity contribution in [3.63, 3.8) is 0 Å². The summed E-state index contributed by atoms with van der Waals surface area (Å²) in [5.41, 5.74) is -0.544. The highest BCUT2D eigenvalue weighted by molar-refractivity contribution is 7.99. The highest BCUT2D eigenvalue weighted by Crippen LogP contribution is 2.44. The van der Waals surface area contributed by atoms with E-state index in [-0.39, 0.29) is 24.4 Å². The number of methoxy groups -OCH3 is 1. The maximum atomic E-state index is 12.3. The number of hydrogen-bond acceptors (Lipinski definition) is 7. The number of ether oxygens (including phenoxy) is 1. The molecule has 0 radical (unpaired) electrons. The zero-order valence-corrected chi connectivity index (χ0v) is 26.7. The van der Waals surface area contributed by atoms with Crippen LogP contribution in [0.3, 0.4) is 0 Å². The summed E-state index contributed by atoms with van der Waals surface area (Å²) in [5.74, 6) is 0.277. The van der Waals surface area contributed by atoms with Crippen LogP contribution in [0.4, 0.5) is 0 Å². The third kappa shape index (κ3) is 22.4. The van der Waals surface area contributed by atoms with Crippen molar-refractivity contribution in [1.82, 2.24) is 0 Å². The monoisotopic (exact) mass is 567 g/mol. The Labute approximate surface area is 233 Å². The lowest BCUT2D eigenvalue weighted by Crippen LogP contribution is -2.37. The van der Waals surface area contributed by atoms with Crippen LogP contribution in [0.1, 0.15) is 111 Å². The van der Waals surface area contributed by atoms with Crippen molar-refractivity contribution >= 4 is 25.6 Å². The lowest BCUT2D eigenvalue weighted by molar-refractivity contribution is -0.870. The standard InChI is InChI=1S/C28H58NO6PS/c1-8-9-10-11-12-13-14-15-16-17-18-19-20-26(27(30)33-7)21-24-37-28(25(2)3)35-36(31,32)34-23-22-29(4,5)6/h25-26,28H,8-24H2,1-7H3. The molecule has 0 spiro atoms. The highest BCUT2D eigenvalue weighted by atomic mass is 32.2. The second-order valence-corrected chi connectivity index (χ2v) is 14.1. The Morgan fingerprint density at radius 2 is 1.41 bits per heavy atom. The quantitative estimate of drug-likeness (QED) is 0.0380. The molecule has 0 saturated carbocycles. The molecule has 0 amide bonds. The molecule has 0 aromatic carbocycles. The molecule has 0 N–H and O–H groups in total. The van der Waals surface area contributed by atoms with E-state index in [1.165, 1.54) is 83.1 Å². The normalized spacial score (nSPS) is 15.5. The van der Waals surface area contributed by atoms with Gasteiger partial charge in [-0.3, -0.25) is 9.36 Å². The Bertz CT molecular complexity index is 614. The molecule has 0 aromatic heterocycles. The van der Waals surface area contributed by atoms with Crippen LogP contribution < -0.4 is 4.89 Å². The number of phosphoric acid groups is 1. The van der Waals surface area contributed by atoms with Gasteiger partial charge in [0.05, 0.1) is 34.2 Å². The molecule has 9 heteroatoms. The Hall–Kier alpha value is -0.110. The van der Waals surface area contributed by atoms with Gasteiger partial charge in [-0.15, -0.1) is 11.8 Å². The number of likely N-dealkylation sites (N-methyl/N-ethyl adjacent to an activating group) is 1. The van der Waals surface area contributed by atoms with Gasteiger partial charge >= 0.3 is 5.97 Å². The van der Waals surface area contributed by atoms with E-state index in [9.17, 15) is 14.3 Å². The Morgan fingerprint density at radius 1 is 0.892 bits per heavy atom. The molecule has 0 aliphatic rings. The van der Waals surface area contributed by atoms with E-state index in [1.807, 2.05) is 35.0 Å². The molecule has 0 heterocycles. The largest absolute Gasteiger partial charge is 0.756 e. The second-order valence-electron chi connectivity index (χ2n) is 11.6. The van der Waals surface area contributed by atoms with Gasteiger partial charge in [0, 0.05) is 0 Å². The Balaban J connectivity index is 4.28. The maximum Gasteiger partial charge on any atom is 0.308 e. The van der Waals surface area contributed by atoms with Crippen LogP contribution in [-0.4, -0.2) is 63.0 Å². The van der Waals surface area contributed by atoms with Crippen LogP contribution in [-0.2, 0) is 23.1 Å². The zero-order chi connectivity index (χ0) is 28.2. The van der Waals surface area contributed by atoms with Gasteiger partial charge in [-0.05, 0) is 24.5 Å². The molecular weight excluding hydrogens is 509 g/mol. The molecule has 3 atom stereocenters. The van der Waals surface area contributed by atoms with Crippen molar-refractivity contribution in [1.29, 1.82) is 0 Å². The predicted octanol–water partition coefficient (Wildman–Crippen LogP) is 7.18. The lowest BCUT2D eigenvalue weighted by Gasteiger charge is -2.31. The van der Waals surface area contributed by atoms with Crippen molar-refractivity contribution in [2.24, 2.45) is 11.8 Å². The second kappa shape index (κ2) is 21.7. The number of thioether (sulfide) groups is 1. The lowest BCUT2D eigenvalue weighted by atomic mass is 9.97. The first-order valence-electron chi connectivity index (χ1n) is 14.6. The first-order chi connectivity index (χ1) is 17.4. The number of rotatable bonds is 25. The van der Waals surface area contributed by atoms with Crippen LogP contribution in [0.5, 0.6) is 0 Å². The van der Waals surface area contributed by atoms with Crippen LogP contribution >= 0.6 is 19.6 Å². The van der Waals surface area contributed by atoms with E-state index in [0.29, 0.717) is 23.2 Å². The van der Waals surface area contributed by atoms with Gasteiger partial charge in [0.25, 0.3) is 7.82 Å². The smallest absolute Gasteiger partial charge is 0.308 e. The van der Waals surface area contributed by atoms with Gasteiger partial charge in [0.2, 0.25) is 0 Å². The summed E-state index contributed by atoms with van der Waals surface area (Å²) in [6.45, 7) is 6.76. The number of carbonyl (C=O) groups is 1. The average Bonchev–Trinajstić information content (AvgIpc) is 2.81. The minimum atomic E-state index is -4.39. The summed E-state index contributed by atoms with van der Waals surface area (Å²) >= 11 is 1.43. The Kier molecular flexibility index (Phi) is 21.6. The van der Waals surface area contributed by atoms with E-state index < -0.39 is 13.3 Å². The molecular formula is C28H58NO6PS. The number of esters is 1. The molecule has 0 fully saturated rings. The summed E-state index contributed by atoms with van der Waals surface area (Å²) < 4.78 is 28.4. The average molecular weight is 568 g/mol. The summed E-state index contributed by atoms with van der Waals surface area (Å²) in [5, 5.41) is 0. The maximum absolute atomic E-state index is 12.3. The SMILES string of the molecule is CCCCCCCCCCCCCCC(CCSC(OP(=O)([O-])OCC[N+](C)(C)C)C(C)C)C(=O)OC. The van der Waals surface area contributed by atoms with Gasteiger partial charge in [0.1, 0.15) is 18.6 Å². The van der Waals surface area contributed by atoms with Gasteiger partial charge in [0.15, 0.2) is 0 Å². The number of quaternary nitrogens is 1. The van der Waals surface area contributed by atoms with E-state index >= 15 is 0 Å². The van der Waals surface area contributed by atoms with Crippen molar-refractivity contribution < 1.29 is 32.5 Å². The van der Waals surface area contributed by atoms with E-state index in [2.05, 4.69) is 6.92 Å². The number of nitrogens with zero attached hydrogens (tertiary/aromatic N) is 1. The number of hydrogen-bond donors (Lipinski definition) is 0. The molecule has 0 saturated heterocycles. The fraction of sp³-hybridized carbons (Fsp3) is 0.964. The Morgan fingerprint density at radius 3 is 1.86 bits per heavy atom. The first-order valence-corrected chi connectivity index (χ1v) is 17.1. The summed E-state index contributed by atoms with van der Waals surface area (Å²) in [4.78, 5) is 24.6. The van der Waals surface area contributed by atoms with E-state index in [4.69, 9.17) is 13.8 Å². The molecule has 0 aromatic rings. The van der Waals surface area contributed by atoms with Crippen LogP contribution in [0.15, 0.2) is 0 Å². The number of phosphoric ester groups is 1. The molecule has 222 valence electrons. The van der Waals surface area contributed by atoms with Crippen molar-refractivity contribution in [3.05, 3.63) is 0 Å². The van der Waals surface area contributed by atoms with Crippen molar-refractivity contribution in [2.45, 2.75) is 116 Å².